The van der Waals surface area contributed by atoms with Gasteiger partial charge in [-0.3, -0.25) is 4.79 Å². The van der Waals surface area contributed by atoms with Gasteiger partial charge < -0.3 is 10.4 Å². The normalized spacial score (nSPS) is 17.1. The van der Waals surface area contributed by atoms with Crippen LogP contribution >= 0.6 is 15.9 Å². The van der Waals surface area contributed by atoms with Crippen LogP contribution in [0.2, 0.25) is 0 Å². The lowest BCUT2D eigenvalue weighted by atomic mass is 9.87. The van der Waals surface area contributed by atoms with E-state index in [2.05, 4.69) is 21.2 Å². The van der Waals surface area contributed by atoms with Crippen LogP contribution in [0.4, 0.5) is 0 Å². The van der Waals surface area contributed by atoms with Gasteiger partial charge in [0.1, 0.15) is 0 Å². The molecule has 0 bridgehead atoms. The lowest BCUT2D eigenvalue weighted by Crippen LogP contribution is -2.38. The van der Waals surface area contributed by atoms with Crippen molar-refractivity contribution in [2.45, 2.75) is 38.5 Å². The van der Waals surface area contributed by atoms with Crippen molar-refractivity contribution in [2.24, 2.45) is 5.41 Å². The minimum absolute atomic E-state index is 0.0641. The van der Waals surface area contributed by atoms with Crippen LogP contribution in [0.3, 0.4) is 0 Å². The predicted molar refractivity (Wildman–Crippen MR) is 83.5 cm³/mol. The fourth-order valence-corrected chi connectivity index (χ4v) is 3.29. The average Bonchev–Trinajstić information content (AvgIpc) is 2.92. The molecule has 1 amide bonds. The van der Waals surface area contributed by atoms with Crippen molar-refractivity contribution in [1.82, 2.24) is 5.32 Å². The molecule has 1 fully saturated rings. The molecule has 0 atom stereocenters. The number of hydrogen-bond acceptors (Lipinski definition) is 2. The monoisotopic (exact) mass is 339 g/mol. The molecule has 0 spiro atoms. The second-order valence-electron chi connectivity index (χ2n) is 5.77. The maximum atomic E-state index is 11.9. The van der Waals surface area contributed by atoms with E-state index in [1.807, 2.05) is 24.3 Å². The van der Waals surface area contributed by atoms with Gasteiger partial charge in [-0.25, -0.2) is 0 Å². The summed E-state index contributed by atoms with van der Waals surface area (Å²) < 4.78 is 1.04. The number of halogens is 1. The van der Waals surface area contributed by atoms with E-state index in [-0.39, 0.29) is 17.9 Å². The van der Waals surface area contributed by atoms with Gasteiger partial charge in [0.25, 0.3) is 0 Å². The molecule has 1 aromatic carbocycles. The smallest absolute Gasteiger partial charge is 0.220 e. The summed E-state index contributed by atoms with van der Waals surface area (Å²) in [5, 5.41) is 12.5. The Bertz CT molecular complexity index is 456. The van der Waals surface area contributed by atoms with E-state index in [1.54, 1.807) is 0 Å². The Hall–Kier alpha value is -0.870. The topological polar surface area (TPSA) is 49.3 Å². The number of aliphatic hydroxyl groups excluding tert-OH is 1. The van der Waals surface area contributed by atoms with Gasteiger partial charge in [0.15, 0.2) is 0 Å². The van der Waals surface area contributed by atoms with Gasteiger partial charge in [-0.1, -0.05) is 40.9 Å². The van der Waals surface area contributed by atoms with Crippen molar-refractivity contribution in [3.8, 4) is 0 Å². The lowest BCUT2D eigenvalue weighted by Gasteiger charge is -2.26. The highest BCUT2D eigenvalue weighted by atomic mass is 79.9. The van der Waals surface area contributed by atoms with Crippen molar-refractivity contribution in [2.75, 3.05) is 13.2 Å². The van der Waals surface area contributed by atoms with Crippen molar-refractivity contribution >= 4 is 21.8 Å². The summed E-state index contributed by atoms with van der Waals surface area (Å²) >= 11 is 3.43. The molecule has 110 valence electrons. The van der Waals surface area contributed by atoms with E-state index < -0.39 is 0 Å². The Balaban J connectivity index is 1.75. The van der Waals surface area contributed by atoms with E-state index in [0.717, 1.165) is 42.1 Å². The molecule has 0 aromatic heterocycles. The summed E-state index contributed by atoms with van der Waals surface area (Å²) in [6, 6.07) is 8.04. The number of nitrogens with one attached hydrogen (secondary N) is 1. The zero-order valence-corrected chi connectivity index (χ0v) is 13.3. The first kappa shape index (κ1) is 15.5. The molecule has 3 nitrogen and oxygen atoms in total. The summed E-state index contributed by atoms with van der Waals surface area (Å²) in [5.41, 5.74) is 1.10. The van der Waals surface area contributed by atoms with Crippen molar-refractivity contribution in [1.29, 1.82) is 0 Å². The maximum Gasteiger partial charge on any atom is 0.220 e. The number of hydrogen-bond donors (Lipinski definition) is 2. The second-order valence-corrected chi connectivity index (χ2v) is 6.69. The molecule has 4 heteroatoms. The Morgan fingerprint density at radius 2 is 2.10 bits per heavy atom. The Morgan fingerprint density at radius 1 is 1.35 bits per heavy atom. The number of carbonyl (C=O) groups excluding carboxylic acids is 1. The van der Waals surface area contributed by atoms with E-state index in [9.17, 15) is 9.90 Å². The van der Waals surface area contributed by atoms with Crippen molar-refractivity contribution < 1.29 is 9.90 Å². The molecule has 1 aliphatic carbocycles. The molecule has 2 N–H and O–H groups in total. The number of carbonyl (C=O) groups is 1. The largest absolute Gasteiger partial charge is 0.396 e. The van der Waals surface area contributed by atoms with E-state index in [1.165, 1.54) is 0 Å². The summed E-state index contributed by atoms with van der Waals surface area (Å²) in [6.45, 7) is 0.791. The van der Waals surface area contributed by atoms with Crippen molar-refractivity contribution in [3.05, 3.63) is 34.3 Å². The quantitative estimate of drug-likeness (QED) is 0.836. The summed E-state index contributed by atoms with van der Waals surface area (Å²) in [7, 11) is 0. The molecule has 0 unspecified atom stereocenters. The second kappa shape index (κ2) is 7.23. The first-order valence-electron chi connectivity index (χ1n) is 7.26. The van der Waals surface area contributed by atoms with Gasteiger partial charge in [-0.05, 0) is 37.0 Å². The lowest BCUT2D eigenvalue weighted by molar-refractivity contribution is -0.121. The SMILES string of the molecule is O=C(CCc1cccc(Br)c1)NCC1(CO)CCCC1. The standard InChI is InChI=1S/C16H22BrNO2/c17-14-5-3-4-13(10-14)6-7-15(20)18-11-16(12-19)8-1-2-9-16/h3-5,10,19H,1-2,6-9,11-12H2,(H,18,20). The molecule has 0 aliphatic heterocycles. The van der Waals surface area contributed by atoms with Crippen LogP contribution in [-0.4, -0.2) is 24.2 Å². The molecule has 0 radical (unpaired) electrons. The molecule has 2 rings (SSSR count). The zero-order valence-electron chi connectivity index (χ0n) is 11.7. The van der Waals surface area contributed by atoms with Gasteiger partial charge in [-0.2, -0.15) is 0 Å². The molecule has 1 aromatic rings. The number of benzene rings is 1. The van der Waals surface area contributed by atoms with Crippen LogP contribution in [0.15, 0.2) is 28.7 Å². The van der Waals surface area contributed by atoms with Crippen LogP contribution in [-0.2, 0) is 11.2 Å². The Kier molecular flexibility index (Phi) is 5.61. The van der Waals surface area contributed by atoms with Crippen LogP contribution < -0.4 is 5.32 Å². The minimum atomic E-state index is -0.0641. The fraction of sp³-hybridized carbons (Fsp3) is 0.562. The molecule has 1 saturated carbocycles. The van der Waals surface area contributed by atoms with Gasteiger partial charge in [0.05, 0.1) is 6.61 Å². The molecule has 20 heavy (non-hydrogen) atoms. The molecule has 1 aliphatic rings. The van der Waals surface area contributed by atoms with Gasteiger partial charge in [0, 0.05) is 22.9 Å². The summed E-state index contributed by atoms with van der Waals surface area (Å²) in [4.78, 5) is 11.9. The number of amides is 1. The van der Waals surface area contributed by atoms with Crippen LogP contribution in [0, 0.1) is 5.41 Å². The van der Waals surface area contributed by atoms with E-state index in [4.69, 9.17) is 0 Å². The van der Waals surface area contributed by atoms with Crippen LogP contribution in [0.5, 0.6) is 0 Å². The first-order chi connectivity index (χ1) is 9.63. The third kappa shape index (κ3) is 4.32. The highest BCUT2D eigenvalue weighted by Crippen LogP contribution is 2.36. The fourth-order valence-electron chi connectivity index (χ4n) is 2.84. The predicted octanol–water partition coefficient (Wildman–Crippen LogP) is 3.05. The van der Waals surface area contributed by atoms with E-state index >= 15 is 0 Å². The van der Waals surface area contributed by atoms with Gasteiger partial charge in [0.2, 0.25) is 5.91 Å². The van der Waals surface area contributed by atoms with Crippen LogP contribution in [0.25, 0.3) is 0 Å². The van der Waals surface area contributed by atoms with E-state index in [0.29, 0.717) is 13.0 Å². The molecular weight excluding hydrogens is 318 g/mol. The summed E-state index contributed by atoms with van der Waals surface area (Å²) in [5.74, 6) is 0.0738. The molecule has 0 heterocycles. The summed E-state index contributed by atoms with van der Waals surface area (Å²) in [6.07, 6.45) is 5.61. The highest BCUT2D eigenvalue weighted by molar-refractivity contribution is 9.10. The minimum Gasteiger partial charge on any atom is -0.396 e. The third-order valence-electron chi connectivity index (χ3n) is 4.19. The molecular formula is C16H22BrNO2. The average molecular weight is 340 g/mol. The Morgan fingerprint density at radius 3 is 2.75 bits per heavy atom. The van der Waals surface area contributed by atoms with Gasteiger partial charge >= 0.3 is 0 Å². The van der Waals surface area contributed by atoms with Crippen molar-refractivity contribution in [3.63, 3.8) is 0 Å². The number of rotatable bonds is 6. The van der Waals surface area contributed by atoms with Crippen LogP contribution in [0.1, 0.15) is 37.7 Å². The molecule has 0 saturated heterocycles. The van der Waals surface area contributed by atoms with Gasteiger partial charge in [-0.15, -0.1) is 0 Å². The number of aliphatic hydroxyl groups is 1. The Labute approximate surface area is 128 Å². The maximum absolute atomic E-state index is 11.9. The third-order valence-corrected chi connectivity index (χ3v) is 4.68. The first-order valence-corrected chi connectivity index (χ1v) is 8.05. The number of aryl methyl sites for hydroxylation is 1. The zero-order chi connectivity index (χ0) is 14.4. The highest BCUT2D eigenvalue weighted by Gasteiger charge is 2.33.